The number of nitrogens with one attached hydrogen (secondary N) is 1. The second-order valence-corrected chi connectivity index (χ2v) is 5.70. The number of hydrogen-bond donors (Lipinski definition) is 2. The van der Waals surface area contributed by atoms with Crippen LogP contribution < -0.4 is 11.1 Å². The molecule has 1 atom stereocenters. The fourth-order valence-corrected chi connectivity index (χ4v) is 2.40. The Labute approximate surface area is 122 Å². The van der Waals surface area contributed by atoms with Crippen molar-refractivity contribution in [3.05, 3.63) is 23.4 Å². The minimum absolute atomic E-state index is 0.0691. The molecule has 0 fully saturated rings. The average Bonchev–Trinajstić information content (AvgIpc) is 2.39. The molecule has 0 bridgehead atoms. The van der Waals surface area contributed by atoms with Crippen LogP contribution in [-0.2, 0) is 0 Å². The largest absolute Gasteiger partial charge is 0.384 e. The van der Waals surface area contributed by atoms with Gasteiger partial charge in [0.05, 0.1) is 0 Å². The van der Waals surface area contributed by atoms with Gasteiger partial charge in [-0.2, -0.15) is 0 Å². The monoisotopic (exact) mass is 277 g/mol. The van der Waals surface area contributed by atoms with E-state index in [0.29, 0.717) is 17.3 Å². The molecule has 20 heavy (non-hydrogen) atoms. The first-order valence-electron chi connectivity index (χ1n) is 7.47. The van der Waals surface area contributed by atoms with Gasteiger partial charge in [0.1, 0.15) is 5.82 Å². The molecule has 0 saturated carbocycles. The van der Waals surface area contributed by atoms with E-state index in [4.69, 9.17) is 5.73 Å². The number of nitrogens with two attached hydrogens (primary N) is 1. The molecular weight excluding hydrogens is 250 g/mol. The molecule has 1 aromatic heterocycles. The summed E-state index contributed by atoms with van der Waals surface area (Å²) in [5.74, 6) is 1.08. The van der Waals surface area contributed by atoms with E-state index >= 15 is 0 Å². The number of hydrogen-bond acceptors (Lipinski definition) is 3. The Bertz CT molecular complexity index is 453. The zero-order chi connectivity index (χ0) is 15.3. The minimum atomic E-state index is -0.0691. The van der Waals surface area contributed by atoms with Gasteiger partial charge in [0.2, 0.25) is 0 Å². The van der Waals surface area contributed by atoms with Crippen molar-refractivity contribution in [2.45, 2.75) is 59.4 Å². The van der Waals surface area contributed by atoms with Gasteiger partial charge in [-0.25, -0.2) is 4.98 Å². The lowest BCUT2D eigenvalue weighted by atomic mass is 9.95. The Morgan fingerprint density at radius 2 is 1.85 bits per heavy atom. The predicted molar refractivity (Wildman–Crippen MR) is 83.7 cm³/mol. The number of nitrogen functional groups attached to an aromatic ring is 1. The molecule has 1 heterocycles. The lowest BCUT2D eigenvalue weighted by molar-refractivity contribution is 0.0925. The molecule has 4 heteroatoms. The molecule has 0 aromatic carbocycles. The van der Waals surface area contributed by atoms with Crippen LogP contribution in [0.2, 0.25) is 0 Å². The van der Waals surface area contributed by atoms with Gasteiger partial charge < -0.3 is 11.1 Å². The van der Waals surface area contributed by atoms with Crippen LogP contribution in [0.5, 0.6) is 0 Å². The molecule has 0 spiro atoms. The first-order chi connectivity index (χ1) is 9.38. The van der Waals surface area contributed by atoms with Crippen LogP contribution in [0, 0.1) is 5.92 Å². The third-order valence-corrected chi connectivity index (χ3v) is 3.83. The maximum absolute atomic E-state index is 12.3. The van der Waals surface area contributed by atoms with Gasteiger partial charge in [-0.1, -0.05) is 40.5 Å². The summed E-state index contributed by atoms with van der Waals surface area (Å²) in [6.07, 6.45) is 2.13. The topological polar surface area (TPSA) is 68.0 Å². The molecule has 0 aliphatic heterocycles. The fraction of sp³-hybridized carbons (Fsp3) is 0.625. The first kappa shape index (κ1) is 16.5. The van der Waals surface area contributed by atoms with E-state index < -0.39 is 0 Å². The third kappa shape index (κ3) is 4.22. The number of rotatable bonds is 6. The van der Waals surface area contributed by atoms with Gasteiger partial charge in [0.15, 0.2) is 0 Å². The summed E-state index contributed by atoms with van der Waals surface area (Å²) in [4.78, 5) is 16.6. The number of pyridine rings is 1. The lowest BCUT2D eigenvalue weighted by Crippen LogP contribution is -2.37. The second kappa shape index (κ2) is 7.27. The van der Waals surface area contributed by atoms with Crippen molar-refractivity contribution in [2.75, 3.05) is 5.73 Å². The zero-order valence-corrected chi connectivity index (χ0v) is 13.2. The zero-order valence-electron chi connectivity index (χ0n) is 13.2. The summed E-state index contributed by atoms with van der Waals surface area (Å²) >= 11 is 0. The van der Waals surface area contributed by atoms with E-state index in [-0.39, 0.29) is 17.9 Å². The van der Waals surface area contributed by atoms with Crippen LogP contribution in [0.3, 0.4) is 0 Å². The Morgan fingerprint density at radius 1 is 1.25 bits per heavy atom. The number of aromatic nitrogens is 1. The molecule has 112 valence electrons. The lowest BCUT2D eigenvalue weighted by Gasteiger charge is -2.22. The van der Waals surface area contributed by atoms with E-state index in [9.17, 15) is 4.79 Å². The molecule has 1 unspecified atom stereocenters. The molecule has 1 rings (SSSR count). The summed E-state index contributed by atoms with van der Waals surface area (Å²) in [5.41, 5.74) is 7.24. The Morgan fingerprint density at radius 3 is 2.35 bits per heavy atom. The van der Waals surface area contributed by atoms with Crippen molar-refractivity contribution < 1.29 is 4.79 Å². The highest BCUT2D eigenvalue weighted by atomic mass is 16.1. The Kier molecular flexibility index (Phi) is 5.99. The van der Waals surface area contributed by atoms with Crippen LogP contribution in [0.15, 0.2) is 12.1 Å². The fourth-order valence-electron chi connectivity index (χ4n) is 2.40. The highest BCUT2D eigenvalue weighted by Crippen LogP contribution is 2.17. The molecule has 3 N–H and O–H groups in total. The van der Waals surface area contributed by atoms with Gasteiger partial charge in [-0.15, -0.1) is 0 Å². The van der Waals surface area contributed by atoms with Crippen LogP contribution in [0.25, 0.3) is 0 Å². The minimum Gasteiger partial charge on any atom is -0.384 e. The van der Waals surface area contributed by atoms with Crippen LogP contribution in [0.1, 0.15) is 69.4 Å². The summed E-state index contributed by atoms with van der Waals surface area (Å²) in [7, 11) is 0. The number of nitrogens with zero attached hydrogens (tertiary/aromatic N) is 1. The standard InChI is InChI=1S/C16H27N3O/c1-6-12(7-2)11(5)18-16(20)13-8-14(10(3)4)19-15(17)9-13/h8-12H,6-7H2,1-5H3,(H2,17,19)(H,18,20). The highest BCUT2D eigenvalue weighted by molar-refractivity contribution is 5.95. The van der Waals surface area contributed by atoms with E-state index in [0.717, 1.165) is 18.5 Å². The summed E-state index contributed by atoms with van der Waals surface area (Å²) < 4.78 is 0. The second-order valence-electron chi connectivity index (χ2n) is 5.70. The molecule has 1 aromatic rings. The van der Waals surface area contributed by atoms with Crippen molar-refractivity contribution in [3.8, 4) is 0 Å². The number of amides is 1. The molecule has 0 aliphatic rings. The van der Waals surface area contributed by atoms with Gasteiger partial charge in [-0.05, 0) is 30.9 Å². The van der Waals surface area contributed by atoms with E-state index in [1.807, 2.05) is 19.9 Å². The smallest absolute Gasteiger partial charge is 0.251 e. The quantitative estimate of drug-likeness (QED) is 0.838. The molecule has 0 radical (unpaired) electrons. The average molecular weight is 277 g/mol. The van der Waals surface area contributed by atoms with Crippen molar-refractivity contribution in [3.63, 3.8) is 0 Å². The van der Waals surface area contributed by atoms with Crippen molar-refractivity contribution in [1.29, 1.82) is 0 Å². The summed E-state index contributed by atoms with van der Waals surface area (Å²) in [6, 6.07) is 3.63. The number of carbonyl (C=O) groups is 1. The van der Waals surface area contributed by atoms with Gasteiger partial charge >= 0.3 is 0 Å². The molecule has 4 nitrogen and oxygen atoms in total. The first-order valence-corrected chi connectivity index (χ1v) is 7.47. The third-order valence-electron chi connectivity index (χ3n) is 3.83. The van der Waals surface area contributed by atoms with Crippen LogP contribution in [0.4, 0.5) is 5.82 Å². The van der Waals surface area contributed by atoms with E-state index in [1.54, 1.807) is 6.07 Å². The van der Waals surface area contributed by atoms with Gasteiger partial charge in [0.25, 0.3) is 5.91 Å². The van der Waals surface area contributed by atoms with E-state index in [1.165, 1.54) is 0 Å². The molecule has 0 aliphatic carbocycles. The predicted octanol–water partition coefficient (Wildman–Crippen LogP) is 3.34. The Hall–Kier alpha value is -1.58. The van der Waals surface area contributed by atoms with Crippen LogP contribution >= 0.6 is 0 Å². The SMILES string of the molecule is CCC(CC)C(C)NC(=O)c1cc(N)nc(C(C)C)c1. The Balaban J connectivity index is 2.87. The van der Waals surface area contributed by atoms with E-state index in [2.05, 4.69) is 31.1 Å². The van der Waals surface area contributed by atoms with Crippen molar-refractivity contribution in [2.24, 2.45) is 5.92 Å². The molecule has 1 amide bonds. The van der Waals surface area contributed by atoms with Gasteiger partial charge in [-0.3, -0.25) is 4.79 Å². The maximum Gasteiger partial charge on any atom is 0.251 e. The van der Waals surface area contributed by atoms with Crippen LogP contribution in [-0.4, -0.2) is 16.9 Å². The molecular formula is C16H27N3O. The normalized spacial score (nSPS) is 12.8. The summed E-state index contributed by atoms with van der Waals surface area (Å²) in [6.45, 7) is 10.4. The summed E-state index contributed by atoms with van der Waals surface area (Å²) in [5, 5.41) is 3.07. The van der Waals surface area contributed by atoms with Gasteiger partial charge in [0, 0.05) is 17.3 Å². The number of carbonyl (C=O) groups excluding carboxylic acids is 1. The number of anilines is 1. The van der Waals surface area contributed by atoms with Crippen molar-refractivity contribution in [1.82, 2.24) is 10.3 Å². The highest BCUT2D eigenvalue weighted by Gasteiger charge is 2.18. The molecule has 0 saturated heterocycles. The van der Waals surface area contributed by atoms with Crippen molar-refractivity contribution >= 4 is 11.7 Å². The maximum atomic E-state index is 12.3.